The first-order valence-corrected chi connectivity index (χ1v) is 50.6. The molecule has 0 aliphatic carbocycles. The van der Waals surface area contributed by atoms with Gasteiger partial charge in [-0.1, -0.05) is 17.8 Å². The van der Waals surface area contributed by atoms with E-state index in [9.17, 15) is 24.0 Å². The number of carbonyl (C=O) groups excluding carboxylic acids is 5. The Morgan fingerprint density at radius 1 is 0.178 bits per heavy atom. The smallest absolute Gasteiger partial charge is 0.407 e. The van der Waals surface area contributed by atoms with Gasteiger partial charge >= 0.3 is 6.09 Å². The summed E-state index contributed by atoms with van der Waals surface area (Å²) in [6.45, 7) is 31.3. The second-order valence-corrected chi connectivity index (χ2v) is 31.2. The van der Waals surface area contributed by atoms with E-state index in [1.165, 1.54) is 0 Å². The molecule has 0 aliphatic rings. The third-order valence-corrected chi connectivity index (χ3v) is 17.8. The van der Waals surface area contributed by atoms with Crippen molar-refractivity contribution in [3.63, 3.8) is 0 Å². The number of hydrogen-bond acceptors (Lipinski definition) is 43. The molecule has 856 valence electrons. The molecule has 0 heterocycles. The van der Waals surface area contributed by atoms with E-state index in [2.05, 4.69) is 44.3 Å². The van der Waals surface area contributed by atoms with Crippen molar-refractivity contribution in [2.45, 2.75) is 57.6 Å². The minimum Gasteiger partial charge on any atom is -0.444 e. The van der Waals surface area contributed by atoms with Gasteiger partial charge in [0.1, 0.15) is 31.0 Å². The van der Waals surface area contributed by atoms with Crippen LogP contribution in [0.25, 0.3) is 0 Å². The summed E-state index contributed by atoms with van der Waals surface area (Å²) in [6.07, 6.45) is 14.6. The first-order valence-electron chi connectivity index (χ1n) is 50.6. The Morgan fingerprint density at radius 2 is 0.315 bits per heavy atom. The fraction of sp³-hybridized carbons (Fsp3) is 0.888. The first-order chi connectivity index (χ1) is 71.9. The van der Waals surface area contributed by atoms with Gasteiger partial charge in [-0.15, -0.1) is 19.3 Å². The largest absolute Gasteiger partial charge is 0.444 e. The maximum atomic E-state index is 13.9. The summed E-state index contributed by atoms with van der Waals surface area (Å²) in [5.74, 6) is 5.79. The van der Waals surface area contributed by atoms with Crippen molar-refractivity contribution in [2.24, 2.45) is 0 Å². The Morgan fingerprint density at radius 3 is 0.479 bits per heavy atom. The van der Waals surface area contributed by atoms with Gasteiger partial charge in [-0.25, -0.2) is 4.79 Å². The topological polar surface area (TPSA) is 496 Å². The molecule has 0 rings (SSSR count). The van der Waals surface area contributed by atoms with Crippen molar-refractivity contribution in [1.82, 2.24) is 26.6 Å². The van der Waals surface area contributed by atoms with Gasteiger partial charge in [0.2, 0.25) is 23.6 Å². The highest BCUT2D eigenvalue weighted by molar-refractivity contribution is 5.77. The molecule has 0 aliphatic heterocycles. The summed E-state index contributed by atoms with van der Waals surface area (Å²) >= 11 is 0. The molecule has 0 aromatic carbocycles. The molecule has 146 heavy (non-hydrogen) atoms. The first kappa shape index (κ1) is 140. The highest BCUT2D eigenvalue weighted by Crippen LogP contribution is 2.13. The van der Waals surface area contributed by atoms with Crippen molar-refractivity contribution in [1.29, 1.82) is 0 Å². The van der Waals surface area contributed by atoms with Crippen molar-refractivity contribution in [2.75, 3.05) is 515 Å². The average molecular weight is 2120 g/mol. The molecular weight excluding hydrogens is 1940 g/mol. The normalized spacial score (nSPS) is 11.6. The van der Waals surface area contributed by atoms with Crippen LogP contribution in [0.1, 0.15) is 46.5 Å². The van der Waals surface area contributed by atoms with Gasteiger partial charge < -0.3 is 207 Å². The maximum absolute atomic E-state index is 13.9. The molecule has 48 nitrogen and oxygen atoms in total. The van der Waals surface area contributed by atoms with Gasteiger partial charge in [0, 0.05) is 51.9 Å². The molecule has 5 amide bonds. The molecule has 48 heteroatoms. The summed E-state index contributed by atoms with van der Waals surface area (Å²) in [5.41, 5.74) is -2.01. The summed E-state index contributed by atoms with van der Waals surface area (Å²) in [6, 6.07) is 0. The monoisotopic (exact) mass is 2120 g/mol. The van der Waals surface area contributed by atoms with E-state index in [0.717, 1.165) is 0 Å². The van der Waals surface area contributed by atoms with E-state index in [-0.39, 0.29) is 202 Å². The van der Waals surface area contributed by atoms with Gasteiger partial charge in [0.05, 0.1) is 469 Å². The quantitative estimate of drug-likeness (QED) is 0.0388. The van der Waals surface area contributed by atoms with E-state index in [1.54, 1.807) is 20.8 Å². The Balaban J connectivity index is 5.21. The second kappa shape index (κ2) is 120. The number of amides is 5. The Kier molecular flexibility index (Phi) is 115. The van der Waals surface area contributed by atoms with Crippen LogP contribution in [0.3, 0.4) is 0 Å². The van der Waals surface area contributed by atoms with Crippen molar-refractivity contribution in [3.8, 4) is 37.0 Å². The standard InChI is InChI=1S/C98H181N5O43/c1-7-18-109-29-37-117-45-53-125-59-65-131-71-77-137-83-86-140-80-74-134-68-62-128-56-50-121-41-33-113-25-14-99-92(104)10-22-143-89-98(103-95(107)13-21-112-32-40-120-48-49-124-44-36-116-28-17-102-96(108)146-97(4,5)6,90-144-23-11-93(105)100-15-26-114-34-42-122-51-57-129-63-69-135-75-81-141-87-84-138-78-72-132-66-60-126-54-46-118-38-30-110-19-8-2)91-145-24-12-94(106)101-16-27-115-35-43-123-52-58-130-64-70-136-76-82-142-88-85-139-79-73-133-67-61-127-55-47-119-39-31-111-20-9-3/h1-3H,10-91H2,4-6H3,(H,99,104)(H,100,105)(H,101,106)(H,102,108)(H,103,107). The molecule has 0 unspecified atom stereocenters. The highest BCUT2D eigenvalue weighted by atomic mass is 16.6. The predicted octanol–water partition coefficient (Wildman–Crippen LogP) is -0.211. The zero-order valence-corrected chi connectivity index (χ0v) is 87.8. The van der Waals surface area contributed by atoms with Gasteiger partial charge in [-0.2, -0.15) is 0 Å². The van der Waals surface area contributed by atoms with E-state index in [1.807, 2.05) is 0 Å². The summed E-state index contributed by atoms with van der Waals surface area (Å²) in [5, 5.41) is 14.1. The maximum Gasteiger partial charge on any atom is 0.407 e. The van der Waals surface area contributed by atoms with Crippen molar-refractivity contribution >= 4 is 29.7 Å². The zero-order chi connectivity index (χ0) is 105. The van der Waals surface area contributed by atoms with E-state index in [4.69, 9.17) is 199 Å². The number of nitrogens with one attached hydrogen (secondary N) is 5. The molecule has 0 saturated carbocycles. The molecule has 0 aromatic rings. The van der Waals surface area contributed by atoms with Crippen molar-refractivity contribution < 1.29 is 204 Å². The minimum absolute atomic E-state index is 0.0122. The molecule has 0 bridgehead atoms. The molecule has 0 aromatic heterocycles. The minimum atomic E-state index is -1.40. The average Bonchev–Trinajstić information content (AvgIpc) is 0.852. The number of carbonyl (C=O) groups is 5. The van der Waals surface area contributed by atoms with Crippen LogP contribution in [-0.2, 0) is 199 Å². The SMILES string of the molecule is C#CCOCCOCCOCCOCCOCCOCCOCCOCCOCCOCCNC(=O)CCOCC(COCCC(=O)NCCOCCOCCOCCOCCOCCOCCOCCOCCOCCOCC#C)(COCCC(=O)NCCOCCOCCOCCOCCOCCOCCOCCOCCOCCOCC#C)NC(=O)CCOCCOCCOCCOCCNC(=O)OC(C)(C)C. The van der Waals surface area contributed by atoms with Crippen LogP contribution >= 0.6 is 0 Å². The van der Waals surface area contributed by atoms with Crippen molar-refractivity contribution in [3.05, 3.63) is 0 Å². The Labute approximate surface area is 866 Å². The lowest BCUT2D eigenvalue weighted by atomic mass is 10.0. The van der Waals surface area contributed by atoms with Crippen LogP contribution < -0.4 is 26.6 Å². The van der Waals surface area contributed by atoms with E-state index < -0.39 is 23.1 Å². The number of alkyl carbamates (subject to hydrolysis) is 1. The lowest BCUT2D eigenvalue weighted by molar-refractivity contribution is -0.131. The van der Waals surface area contributed by atoms with E-state index in [0.29, 0.717) is 357 Å². The molecule has 0 saturated heterocycles. The molecular formula is C98H181N5O43. The van der Waals surface area contributed by atoms with Gasteiger partial charge in [0.15, 0.2) is 0 Å². The molecule has 0 radical (unpaired) electrons. The predicted molar refractivity (Wildman–Crippen MR) is 529 cm³/mol. The fourth-order valence-corrected chi connectivity index (χ4v) is 10.7. The zero-order valence-electron chi connectivity index (χ0n) is 87.8. The third kappa shape index (κ3) is 119. The van der Waals surface area contributed by atoms with Crippen LogP contribution in [0.5, 0.6) is 0 Å². The molecule has 5 N–H and O–H groups in total. The van der Waals surface area contributed by atoms with Gasteiger partial charge in [-0.3, -0.25) is 19.2 Å². The third-order valence-electron chi connectivity index (χ3n) is 17.8. The second-order valence-electron chi connectivity index (χ2n) is 31.2. The van der Waals surface area contributed by atoms with Crippen LogP contribution in [0.2, 0.25) is 0 Å². The number of hydrogen-bond donors (Lipinski definition) is 5. The number of rotatable bonds is 124. The van der Waals surface area contributed by atoms with Crippen LogP contribution in [0.4, 0.5) is 4.79 Å². The summed E-state index contributed by atoms with van der Waals surface area (Å²) in [7, 11) is 0. The molecule has 0 spiro atoms. The summed E-state index contributed by atoms with van der Waals surface area (Å²) < 4.78 is 211. The van der Waals surface area contributed by atoms with Crippen LogP contribution in [0, 0.1) is 37.0 Å². The molecule has 0 atom stereocenters. The van der Waals surface area contributed by atoms with Crippen LogP contribution in [0.15, 0.2) is 0 Å². The lowest BCUT2D eigenvalue weighted by Crippen LogP contribution is -2.59. The summed E-state index contributed by atoms with van der Waals surface area (Å²) in [4.78, 5) is 65.0. The number of ether oxygens (including phenoxy) is 38. The van der Waals surface area contributed by atoms with E-state index >= 15 is 0 Å². The number of terminal acetylenes is 3. The highest BCUT2D eigenvalue weighted by Gasteiger charge is 2.34. The van der Waals surface area contributed by atoms with Gasteiger partial charge in [-0.05, 0) is 20.8 Å². The Hall–Kier alpha value is -5.65. The molecule has 0 fully saturated rings. The van der Waals surface area contributed by atoms with Crippen LogP contribution in [-0.4, -0.2) is 556 Å². The Bertz CT molecular complexity index is 2650. The van der Waals surface area contributed by atoms with Gasteiger partial charge in [0.25, 0.3) is 0 Å². The lowest BCUT2D eigenvalue weighted by Gasteiger charge is -2.34. The fourth-order valence-electron chi connectivity index (χ4n) is 10.7.